The molecule has 0 unspecified atom stereocenters. The van der Waals surface area contributed by atoms with Gasteiger partial charge in [0.1, 0.15) is 16.8 Å². The van der Waals surface area contributed by atoms with Crippen LogP contribution >= 0.6 is 11.3 Å². The van der Waals surface area contributed by atoms with E-state index in [9.17, 15) is 4.79 Å². The van der Waals surface area contributed by atoms with Crippen LogP contribution in [0.25, 0.3) is 0 Å². The molecule has 0 saturated carbocycles. The summed E-state index contributed by atoms with van der Waals surface area (Å²) >= 11 is 1.39. The van der Waals surface area contributed by atoms with E-state index in [0.717, 1.165) is 31.6 Å². The average molecular weight is 384 g/mol. The van der Waals surface area contributed by atoms with Crippen LogP contribution in [0.15, 0.2) is 35.7 Å². The minimum absolute atomic E-state index is 0.0608. The highest BCUT2D eigenvalue weighted by atomic mass is 32.1. The van der Waals surface area contributed by atoms with E-state index in [0.29, 0.717) is 10.6 Å². The van der Waals surface area contributed by atoms with Crippen LogP contribution in [0, 0.1) is 11.3 Å². The molecule has 0 spiro atoms. The number of amides is 1. The predicted octanol–water partition coefficient (Wildman–Crippen LogP) is 4.57. The first-order chi connectivity index (χ1) is 13.1. The van der Waals surface area contributed by atoms with E-state index in [1.807, 2.05) is 24.4 Å². The highest BCUT2D eigenvalue weighted by Crippen LogP contribution is 2.33. The lowest BCUT2D eigenvalue weighted by molar-refractivity contribution is -0.121. The summed E-state index contributed by atoms with van der Waals surface area (Å²) in [5.41, 5.74) is 1.73. The molecular weight excluding hydrogens is 358 g/mol. The SMILES string of the molecule is COc1ccc([C@H]2CCCCCN2[C@@H](C)C(=O)Nc2sccc2C#N)cc1. The van der Waals surface area contributed by atoms with Crippen LogP contribution < -0.4 is 10.1 Å². The molecule has 1 fully saturated rings. The Morgan fingerprint density at radius 2 is 2.07 bits per heavy atom. The van der Waals surface area contributed by atoms with Gasteiger partial charge in [0.05, 0.1) is 18.7 Å². The van der Waals surface area contributed by atoms with Crippen LogP contribution in [0.2, 0.25) is 0 Å². The molecule has 0 bridgehead atoms. The minimum Gasteiger partial charge on any atom is -0.497 e. The average Bonchev–Trinajstić information content (AvgIpc) is 3.00. The minimum atomic E-state index is -0.274. The van der Waals surface area contributed by atoms with Crippen molar-refractivity contribution >= 4 is 22.2 Å². The van der Waals surface area contributed by atoms with Gasteiger partial charge in [-0.1, -0.05) is 25.0 Å². The molecule has 0 aliphatic carbocycles. The predicted molar refractivity (Wildman–Crippen MR) is 108 cm³/mol. The first-order valence-electron chi connectivity index (χ1n) is 9.32. The van der Waals surface area contributed by atoms with E-state index in [1.54, 1.807) is 13.2 Å². The number of nitriles is 1. The van der Waals surface area contributed by atoms with E-state index in [4.69, 9.17) is 10.00 Å². The molecule has 1 N–H and O–H groups in total. The summed E-state index contributed by atoms with van der Waals surface area (Å²) in [6.45, 7) is 2.84. The number of ether oxygens (including phenoxy) is 1. The number of rotatable bonds is 5. The van der Waals surface area contributed by atoms with Gasteiger partial charge >= 0.3 is 0 Å². The van der Waals surface area contributed by atoms with Gasteiger partial charge in [0.15, 0.2) is 0 Å². The van der Waals surface area contributed by atoms with Crippen molar-refractivity contribution < 1.29 is 9.53 Å². The van der Waals surface area contributed by atoms with Crippen molar-refractivity contribution in [1.29, 1.82) is 5.26 Å². The van der Waals surface area contributed by atoms with Gasteiger partial charge in [0.25, 0.3) is 0 Å². The van der Waals surface area contributed by atoms with Gasteiger partial charge < -0.3 is 10.1 Å². The third-order valence-electron chi connectivity index (χ3n) is 5.19. The second kappa shape index (κ2) is 9.03. The quantitative estimate of drug-likeness (QED) is 0.821. The first kappa shape index (κ1) is 19.4. The number of anilines is 1. The third kappa shape index (κ3) is 4.49. The molecule has 2 aromatic rings. The van der Waals surface area contributed by atoms with E-state index in [-0.39, 0.29) is 18.0 Å². The summed E-state index contributed by atoms with van der Waals surface area (Å²) in [7, 11) is 1.67. The van der Waals surface area contributed by atoms with Gasteiger partial charge in [-0.2, -0.15) is 5.26 Å². The number of carbonyl (C=O) groups is 1. The summed E-state index contributed by atoms with van der Waals surface area (Å²) in [4.78, 5) is 15.2. The highest BCUT2D eigenvalue weighted by Gasteiger charge is 2.30. The van der Waals surface area contributed by atoms with Crippen LogP contribution in [0.5, 0.6) is 5.75 Å². The Balaban J connectivity index is 1.79. The van der Waals surface area contributed by atoms with E-state index < -0.39 is 0 Å². The van der Waals surface area contributed by atoms with Gasteiger partial charge in [0, 0.05) is 6.04 Å². The van der Waals surface area contributed by atoms with E-state index in [2.05, 4.69) is 28.4 Å². The Morgan fingerprint density at radius 1 is 1.30 bits per heavy atom. The molecule has 1 aromatic heterocycles. The Morgan fingerprint density at radius 3 is 2.78 bits per heavy atom. The zero-order valence-electron chi connectivity index (χ0n) is 15.8. The largest absolute Gasteiger partial charge is 0.497 e. The lowest BCUT2D eigenvalue weighted by Crippen LogP contribution is -2.44. The number of likely N-dealkylation sites (tertiary alicyclic amines) is 1. The Bertz CT molecular complexity index is 810. The van der Waals surface area contributed by atoms with Gasteiger partial charge in [-0.15, -0.1) is 11.3 Å². The summed E-state index contributed by atoms with van der Waals surface area (Å²) < 4.78 is 5.27. The number of nitrogens with zero attached hydrogens (tertiary/aromatic N) is 2. The fourth-order valence-corrected chi connectivity index (χ4v) is 4.38. The van der Waals surface area contributed by atoms with Gasteiger partial charge in [-0.25, -0.2) is 0 Å². The second-order valence-corrected chi connectivity index (χ2v) is 7.73. The van der Waals surface area contributed by atoms with Crippen LogP contribution in [0.1, 0.15) is 49.8 Å². The lowest BCUT2D eigenvalue weighted by atomic mass is 9.99. The highest BCUT2D eigenvalue weighted by molar-refractivity contribution is 7.14. The fraction of sp³-hybridized carbons (Fsp3) is 0.429. The van der Waals surface area contributed by atoms with Crippen molar-refractivity contribution in [2.45, 2.75) is 44.7 Å². The third-order valence-corrected chi connectivity index (χ3v) is 6.02. The molecular formula is C21H25N3O2S. The Labute approximate surface area is 164 Å². The maximum Gasteiger partial charge on any atom is 0.242 e. The topological polar surface area (TPSA) is 65.4 Å². The monoisotopic (exact) mass is 383 g/mol. The standard InChI is InChI=1S/C21H25N3O2S/c1-15(20(25)23-21-17(14-22)11-13-27-21)24-12-5-3-4-6-19(24)16-7-9-18(26-2)10-8-16/h7-11,13,15,19H,3-6,12H2,1-2H3,(H,23,25)/t15-,19+/m0/s1. The van der Waals surface area contributed by atoms with Crippen molar-refractivity contribution in [3.63, 3.8) is 0 Å². The summed E-state index contributed by atoms with van der Waals surface area (Å²) in [5, 5.41) is 14.6. The van der Waals surface area contributed by atoms with E-state index in [1.165, 1.54) is 23.3 Å². The summed E-state index contributed by atoms with van der Waals surface area (Å²) in [5.74, 6) is 0.779. The maximum absolute atomic E-state index is 12.9. The first-order valence-corrected chi connectivity index (χ1v) is 10.2. The molecule has 142 valence electrons. The second-order valence-electron chi connectivity index (χ2n) is 6.82. The zero-order chi connectivity index (χ0) is 19.2. The number of methoxy groups -OCH3 is 1. The molecule has 1 aliphatic rings. The number of benzene rings is 1. The molecule has 1 amide bonds. The number of hydrogen-bond acceptors (Lipinski definition) is 5. The molecule has 1 aromatic carbocycles. The van der Waals surface area contributed by atoms with Crippen LogP contribution in [-0.2, 0) is 4.79 Å². The smallest absolute Gasteiger partial charge is 0.242 e. The van der Waals surface area contributed by atoms with Gasteiger partial charge in [0.2, 0.25) is 5.91 Å². The van der Waals surface area contributed by atoms with E-state index >= 15 is 0 Å². The van der Waals surface area contributed by atoms with Crippen molar-refractivity contribution in [1.82, 2.24) is 4.90 Å². The number of thiophene rings is 1. The Hall–Kier alpha value is -2.36. The molecule has 1 aliphatic heterocycles. The fourth-order valence-electron chi connectivity index (χ4n) is 3.64. The molecule has 5 nitrogen and oxygen atoms in total. The molecule has 1 saturated heterocycles. The summed E-state index contributed by atoms with van der Waals surface area (Å²) in [6, 6.07) is 11.9. The lowest BCUT2D eigenvalue weighted by Gasteiger charge is -2.34. The van der Waals surface area contributed by atoms with Crippen molar-refractivity contribution in [2.24, 2.45) is 0 Å². The van der Waals surface area contributed by atoms with Crippen LogP contribution in [0.4, 0.5) is 5.00 Å². The summed E-state index contributed by atoms with van der Waals surface area (Å²) in [6.07, 6.45) is 4.46. The number of carbonyl (C=O) groups excluding carboxylic acids is 1. The van der Waals surface area contributed by atoms with Crippen LogP contribution in [0.3, 0.4) is 0 Å². The molecule has 0 radical (unpaired) electrons. The van der Waals surface area contributed by atoms with Crippen molar-refractivity contribution in [2.75, 3.05) is 19.0 Å². The molecule has 6 heteroatoms. The zero-order valence-corrected chi connectivity index (χ0v) is 16.6. The van der Waals surface area contributed by atoms with Gasteiger partial charge in [-0.05, 0) is 55.5 Å². The van der Waals surface area contributed by atoms with Gasteiger partial charge in [-0.3, -0.25) is 9.69 Å². The molecule has 27 heavy (non-hydrogen) atoms. The van der Waals surface area contributed by atoms with Crippen LogP contribution in [-0.4, -0.2) is 30.5 Å². The number of nitrogens with one attached hydrogen (secondary N) is 1. The molecule has 2 atom stereocenters. The van der Waals surface area contributed by atoms with Crippen molar-refractivity contribution in [3.05, 3.63) is 46.8 Å². The maximum atomic E-state index is 12.9. The normalized spacial score (nSPS) is 18.9. The molecule has 2 heterocycles. The Kier molecular flexibility index (Phi) is 6.49. The molecule has 3 rings (SSSR count). The van der Waals surface area contributed by atoms with Crippen molar-refractivity contribution in [3.8, 4) is 11.8 Å². The number of hydrogen-bond donors (Lipinski definition) is 1.